The Bertz CT molecular complexity index is 531. The Morgan fingerprint density at radius 3 is 2.71 bits per heavy atom. The highest BCUT2D eigenvalue weighted by atomic mass is 127. The van der Waals surface area contributed by atoms with Crippen molar-refractivity contribution in [3.8, 4) is 0 Å². The molecule has 0 saturated carbocycles. The number of hydrogen-bond donors (Lipinski definition) is 1. The molecule has 1 atom stereocenters. The fourth-order valence-electron chi connectivity index (χ4n) is 1.81. The summed E-state index contributed by atoms with van der Waals surface area (Å²) >= 11 is 2.29. The Labute approximate surface area is 116 Å². The molecule has 0 radical (unpaired) electrons. The lowest BCUT2D eigenvalue weighted by Crippen LogP contribution is -2.14. The van der Waals surface area contributed by atoms with Gasteiger partial charge in [0.1, 0.15) is 0 Å². The second-order valence-corrected chi connectivity index (χ2v) is 6.18. The van der Waals surface area contributed by atoms with Crippen LogP contribution in [0.3, 0.4) is 0 Å². The Hall–Kier alpha value is -0.780. The Morgan fingerprint density at radius 2 is 2.06 bits per heavy atom. The molecule has 1 aromatic heterocycles. The first-order valence-corrected chi connectivity index (χ1v) is 6.98. The van der Waals surface area contributed by atoms with Crippen molar-refractivity contribution in [1.29, 1.82) is 0 Å². The van der Waals surface area contributed by atoms with Crippen LogP contribution in [0.25, 0.3) is 11.0 Å². The third-order valence-electron chi connectivity index (χ3n) is 3.35. The SMILES string of the molecule is CC(C)C(C)Cn1c(N)nc2cc(I)ccc21. The average molecular weight is 343 g/mol. The van der Waals surface area contributed by atoms with E-state index in [0.717, 1.165) is 17.6 Å². The number of hydrogen-bond acceptors (Lipinski definition) is 2. The number of anilines is 1. The van der Waals surface area contributed by atoms with Gasteiger partial charge in [0.05, 0.1) is 11.0 Å². The number of halogens is 1. The van der Waals surface area contributed by atoms with Gasteiger partial charge in [-0.1, -0.05) is 20.8 Å². The second kappa shape index (κ2) is 4.84. The normalized spacial score (nSPS) is 13.5. The monoisotopic (exact) mass is 343 g/mol. The number of rotatable bonds is 3. The molecular weight excluding hydrogens is 325 g/mol. The molecule has 0 aliphatic carbocycles. The first-order valence-electron chi connectivity index (χ1n) is 5.90. The highest BCUT2D eigenvalue weighted by molar-refractivity contribution is 14.1. The minimum Gasteiger partial charge on any atom is -0.369 e. The van der Waals surface area contributed by atoms with Gasteiger partial charge in [-0.15, -0.1) is 0 Å². The van der Waals surface area contributed by atoms with Crippen molar-refractivity contribution < 1.29 is 0 Å². The zero-order valence-electron chi connectivity index (χ0n) is 10.4. The predicted molar refractivity (Wildman–Crippen MR) is 80.9 cm³/mol. The molecule has 4 heteroatoms. The molecule has 2 N–H and O–H groups in total. The summed E-state index contributed by atoms with van der Waals surface area (Å²) in [5, 5.41) is 0. The lowest BCUT2D eigenvalue weighted by atomic mass is 9.98. The number of nitrogen functional groups attached to an aromatic ring is 1. The summed E-state index contributed by atoms with van der Waals surface area (Å²) in [6.07, 6.45) is 0. The van der Waals surface area contributed by atoms with Crippen LogP contribution in [0.15, 0.2) is 18.2 Å². The van der Waals surface area contributed by atoms with E-state index in [0.29, 0.717) is 17.8 Å². The van der Waals surface area contributed by atoms with Gasteiger partial charge in [0.15, 0.2) is 0 Å². The van der Waals surface area contributed by atoms with Crippen molar-refractivity contribution in [3.05, 3.63) is 21.8 Å². The molecule has 1 aromatic carbocycles. The van der Waals surface area contributed by atoms with Crippen LogP contribution >= 0.6 is 22.6 Å². The maximum absolute atomic E-state index is 6.00. The van der Waals surface area contributed by atoms with Crippen LogP contribution in [-0.2, 0) is 6.54 Å². The van der Waals surface area contributed by atoms with Crippen molar-refractivity contribution >= 4 is 39.6 Å². The van der Waals surface area contributed by atoms with E-state index in [1.807, 2.05) is 0 Å². The van der Waals surface area contributed by atoms with Crippen LogP contribution in [0.4, 0.5) is 5.95 Å². The molecule has 0 saturated heterocycles. The predicted octanol–water partition coefficient (Wildman–Crippen LogP) is 3.52. The maximum atomic E-state index is 6.00. The van der Waals surface area contributed by atoms with E-state index in [9.17, 15) is 0 Å². The van der Waals surface area contributed by atoms with Gasteiger partial charge in [0.2, 0.25) is 5.95 Å². The van der Waals surface area contributed by atoms with E-state index in [2.05, 4.69) is 71.1 Å². The third kappa shape index (κ3) is 2.56. The number of imidazole rings is 1. The molecule has 0 amide bonds. The lowest BCUT2D eigenvalue weighted by Gasteiger charge is -2.17. The molecule has 0 spiro atoms. The Morgan fingerprint density at radius 1 is 1.35 bits per heavy atom. The van der Waals surface area contributed by atoms with Crippen molar-refractivity contribution in [2.45, 2.75) is 27.3 Å². The first kappa shape index (κ1) is 12.7. The zero-order valence-corrected chi connectivity index (χ0v) is 12.6. The quantitative estimate of drug-likeness (QED) is 0.867. The molecule has 17 heavy (non-hydrogen) atoms. The number of nitrogens with zero attached hydrogens (tertiary/aromatic N) is 2. The molecular formula is C13H18IN3. The van der Waals surface area contributed by atoms with Crippen LogP contribution in [0.2, 0.25) is 0 Å². The number of fused-ring (bicyclic) bond motifs is 1. The summed E-state index contributed by atoms with van der Waals surface area (Å²) in [5.41, 5.74) is 8.13. The molecule has 2 rings (SSSR count). The van der Waals surface area contributed by atoms with Gasteiger partial charge in [-0.2, -0.15) is 0 Å². The first-order chi connectivity index (χ1) is 7.99. The molecule has 2 aromatic rings. The Kier molecular flexibility index (Phi) is 3.61. The van der Waals surface area contributed by atoms with Crippen molar-refractivity contribution in [2.75, 3.05) is 5.73 Å². The van der Waals surface area contributed by atoms with Gasteiger partial charge >= 0.3 is 0 Å². The second-order valence-electron chi connectivity index (χ2n) is 4.93. The molecule has 0 aliphatic rings. The summed E-state index contributed by atoms with van der Waals surface area (Å²) in [6.45, 7) is 7.66. The number of benzene rings is 1. The topological polar surface area (TPSA) is 43.8 Å². The average Bonchev–Trinajstić information content (AvgIpc) is 2.54. The van der Waals surface area contributed by atoms with Gasteiger partial charge in [-0.25, -0.2) is 4.98 Å². The standard InChI is InChI=1S/C13H18IN3/c1-8(2)9(3)7-17-12-5-4-10(14)6-11(12)16-13(17)15/h4-6,8-9H,7H2,1-3H3,(H2,15,16). The van der Waals surface area contributed by atoms with Crippen molar-refractivity contribution in [3.63, 3.8) is 0 Å². The highest BCUT2D eigenvalue weighted by Crippen LogP contribution is 2.23. The Balaban J connectivity index is 2.43. The van der Waals surface area contributed by atoms with Gasteiger partial charge in [-0.05, 0) is 52.6 Å². The molecule has 92 valence electrons. The smallest absolute Gasteiger partial charge is 0.201 e. The molecule has 3 nitrogen and oxygen atoms in total. The third-order valence-corrected chi connectivity index (χ3v) is 4.02. The molecule has 1 unspecified atom stereocenters. The van der Waals surface area contributed by atoms with E-state index in [4.69, 9.17) is 5.73 Å². The van der Waals surface area contributed by atoms with Gasteiger partial charge < -0.3 is 10.3 Å². The number of aromatic nitrogens is 2. The summed E-state index contributed by atoms with van der Waals surface area (Å²) in [6, 6.07) is 6.27. The van der Waals surface area contributed by atoms with E-state index in [1.54, 1.807) is 0 Å². The van der Waals surface area contributed by atoms with Crippen molar-refractivity contribution in [2.24, 2.45) is 11.8 Å². The van der Waals surface area contributed by atoms with Crippen LogP contribution in [0.5, 0.6) is 0 Å². The fraction of sp³-hybridized carbons (Fsp3) is 0.462. The van der Waals surface area contributed by atoms with Crippen molar-refractivity contribution in [1.82, 2.24) is 9.55 Å². The van der Waals surface area contributed by atoms with E-state index < -0.39 is 0 Å². The van der Waals surface area contributed by atoms with Crippen LogP contribution in [-0.4, -0.2) is 9.55 Å². The lowest BCUT2D eigenvalue weighted by molar-refractivity contribution is 0.371. The fourth-order valence-corrected chi connectivity index (χ4v) is 2.29. The molecule has 0 aliphatic heterocycles. The molecule has 1 heterocycles. The summed E-state index contributed by atoms with van der Waals surface area (Å²) < 4.78 is 3.31. The summed E-state index contributed by atoms with van der Waals surface area (Å²) in [4.78, 5) is 4.42. The van der Waals surface area contributed by atoms with E-state index in [-0.39, 0.29) is 0 Å². The number of nitrogens with two attached hydrogens (primary N) is 1. The minimum absolute atomic E-state index is 0.592. The minimum atomic E-state index is 0.592. The maximum Gasteiger partial charge on any atom is 0.201 e. The largest absolute Gasteiger partial charge is 0.369 e. The zero-order chi connectivity index (χ0) is 12.6. The van der Waals surface area contributed by atoms with Gasteiger partial charge in [-0.3, -0.25) is 0 Å². The summed E-state index contributed by atoms with van der Waals surface area (Å²) in [7, 11) is 0. The molecule has 0 fully saturated rings. The highest BCUT2D eigenvalue weighted by Gasteiger charge is 2.13. The van der Waals surface area contributed by atoms with Gasteiger partial charge in [0, 0.05) is 10.1 Å². The molecule has 0 bridgehead atoms. The van der Waals surface area contributed by atoms with E-state index in [1.165, 1.54) is 3.57 Å². The van der Waals surface area contributed by atoms with E-state index >= 15 is 0 Å². The van der Waals surface area contributed by atoms with Gasteiger partial charge in [0.25, 0.3) is 0 Å². The van der Waals surface area contributed by atoms with Crippen LogP contribution in [0, 0.1) is 15.4 Å². The van der Waals surface area contributed by atoms with Crippen LogP contribution < -0.4 is 5.73 Å². The van der Waals surface area contributed by atoms with Crippen LogP contribution in [0.1, 0.15) is 20.8 Å². The summed E-state index contributed by atoms with van der Waals surface area (Å²) in [5.74, 6) is 1.86.